The first kappa shape index (κ1) is 18.4. The first-order chi connectivity index (χ1) is 9.10. The van der Waals surface area contributed by atoms with Crippen LogP contribution in [0.4, 0.5) is 0 Å². The second kappa shape index (κ2) is 7.86. The summed E-state index contributed by atoms with van der Waals surface area (Å²) in [5.41, 5.74) is 0.722. The SMILES string of the molecule is COC(=O)/C(C)=C\N(/C=C(/C)C(=O)OC)O[Si](C)(C)C. The number of carbonyl (C=O) groups excluding carboxylic acids is 2. The molecule has 0 saturated heterocycles. The third-order valence-corrected chi connectivity index (χ3v) is 2.79. The molecule has 0 radical (unpaired) electrons. The van der Waals surface area contributed by atoms with E-state index in [0.29, 0.717) is 11.1 Å². The number of rotatable bonds is 6. The average Bonchev–Trinajstić information content (AvgIpc) is 2.34. The number of methoxy groups -OCH3 is 2. The van der Waals surface area contributed by atoms with Crippen LogP contribution in [0.25, 0.3) is 0 Å². The van der Waals surface area contributed by atoms with Crippen LogP contribution >= 0.6 is 0 Å². The maximum Gasteiger partial charge on any atom is 0.335 e. The third-order valence-electron chi connectivity index (χ3n) is 2.04. The zero-order chi connectivity index (χ0) is 15.9. The van der Waals surface area contributed by atoms with Crippen molar-refractivity contribution in [1.29, 1.82) is 0 Å². The van der Waals surface area contributed by atoms with Gasteiger partial charge in [0.2, 0.25) is 8.32 Å². The van der Waals surface area contributed by atoms with E-state index in [-0.39, 0.29) is 0 Å². The highest BCUT2D eigenvalue weighted by Crippen LogP contribution is 2.12. The molecule has 0 amide bonds. The zero-order valence-corrected chi connectivity index (χ0v) is 14.1. The molecule has 0 bridgehead atoms. The highest BCUT2D eigenvalue weighted by molar-refractivity contribution is 6.69. The van der Waals surface area contributed by atoms with Crippen LogP contribution in [0.5, 0.6) is 0 Å². The number of hydrogen-bond donors (Lipinski definition) is 0. The number of carbonyl (C=O) groups is 2. The highest BCUT2D eigenvalue weighted by Gasteiger charge is 2.19. The average molecular weight is 301 g/mol. The van der Waals surface area contributed by atoms with E-state index >= 15 is 0 Å². The molecule has 7 heteroatoms. The molecule has 0 heterocycles. The standard InChI is InChI=1S/C13H23NO5Si/c1-10(12(15)17-3)8-14(19-20(5,6)7)9-11(2)13(16)18-4/h8-9H,1-7H3/b10-8-,11-9-. The Kier molecular flexibility index (Phi) is 7.23. The molecule has 0 unspecified atom stereocenters. The first-order valence-electron chi connectivity index (χ1n) is 6.11. The van der Waals surface area contributed by atoms with Crippen LogP contribution < -0.4 is 0 Å². The van der Waals surface area contributed by atoms with Crippen molar-refractivity contribution in [2.75, 3.05) is 14.2 Å². The van der Waals surface area contributed by atoms with Crippen LogP contribution in [0, 0.1) is 0 Å². The monoisotopic (exact) mass is 301 g/mol. The molecular formula is C13H23NO5Si. The van der Waals surface area contributed by atoms with E-state index in [0.717, 1.165) is 0 Å². The van der Waals surface area contributed by atoms with E-state index in [4.69, 9.17) is 4.53 Å². The van der Waals surface area contributed by atoms with Crippen molar-refractivity contribution in [2.45, 2.75) is 33.5 Å². The molecule has 0 fully saturated rings. The van der Waals surface area contributed by atoms with Crippen molar-refractivity contribution in [1.82, 2.24) is 5.06 Å². The fraction of sp³-hybridized carbons (Fsp3) is 0.538. The summed E-state index contributed by atoms with van der Waals surface area (Å²) < 4.78 is 15.0. The Morgan fingerprint density at radius 1 is 0.900 bits per heavy atom. The number of ether oxygens (including phenoxy) is 2. The molecule has 0 aliphatic heterocycles. The van der Waals surface area contributed by atoms with Gasteiger partial charge in [-0.15, -0.1) is 0 Å². The summed E-state index contributed by atoms with van der Waals surface area (Å²) in [7, 11) is 0.698. The van der Waals surface area contributed by atoms with Crippen molar-refractivity contribution in [3.8, 4) is 0 Å². The molecule has 0 rings (SSSR count). The van der Waals surface area contributed by atoms with Gasteiger partial charge < -0.3 is 14.0 Å². The fourth-order valence-electron chi connectivity index (χ4n) is 1.22. The molecule has 0 spiro atoms. The van der Waals surface area contributed by atoms with Crippen LogP contribution in [0.2, 0.25) is 19.6 Å². The summed E-state index contributed by atoms with van der Waals surface area (Å²) in [4.78, 5) is 22.8. The van der Waals surface area contributed by atoms with Crippen LogP contribution in [0.1, 0.15) is 13.8 Å². The quantitative estimate of drug-likeness (QED) is 0.324. The molecular weight excluding hydrogens is 278 g/mol. The molecule has 0 aromatic carbocycles. The van der Waals surface area contributed by atoms with Gasteiger partial charge in [-0.1, -0.05) is 0 Å². The predicted molar refractivity (Wildman–Crippen MR) is 77.8 cm³/mol. The summed E-state index contributed by atoms with van der Waals surface area (Å²) in [6.07, 6.45) is 2.97. The van der Waals surface area contributed by atoms with Crippen LogP contribution in [0.3, 0.4) is 0 Å². The van der Waals surface area contributed by atoms with Gasteiger partial charge in [0.25, 0.3) is 0 Å². The smallest absolute Gasteiger partial charge is 0.335 e. The van der Waals surface area contributed by atoms with E-state index in [1.54, 1.807) is 13.8 Å². The van der Waals surface area contributed by atoms with E-state index < -0.39 is 20.3 Å². The molecule has 0 aromatic rings. The topological polar surface area (TPSA) is 65.1 Å². The van der Waals surface area contributed by atoms with Crippen LogP contribution in [-0.4, -0.2) is 39.5 Å². The molecule has 6 nitrogen and oxygen atoms in total. The number of esters is 2. The minimum absolute atomic E-state index is 0.361. The lowest BCUT2D eigenvalue weighted by Crippen LogP contribution is -2.33. The van der Waals surface area contributed by atoms with Crippen molar-refractivity contribution in [3.63, 3.8) is 0 Å². The number of nitrogens with zero attached hydrogens (tertiary/aromatic N) is 1. The normalized spacial score (nSPS) is 12.9. The van der Waals surface area contributed by atoms with E-state index in [2.05, 4.69) is 9.47 Å². The van der Waals surface area contributed by atoms with Gasteiger partial charge in [0, 0.05) is 12.4 Å². The number of hydroxylamine groups is 2. The summed E-state index contributed by atoms with van der Waals surface area (Å²) in [5.74, 6) is -0.920. The molecule has 20 heavy (non-hydrogen) atoms. The van der Waals surface area contributed by atoms with E-state index in [1.165, 1.54) is 31.7 Å². The lowest BCUT2D eigenvalue weighted by molar-refractivity contribution is -0.136. The second-order valence-corrected chi connectivity index (χ2v) is 9.58. The zero-order valence-electron chi connectivity index (χ0n) is 13.1. The third kappa shape index (κ3) is 7.10. The van der Waals surface area contributed by atoms with E-state index in [1.807, 2.05) is 19.6 Å². The Morgan fingerprint density at radius 2 is 1.25 bits per heavy atom. The van der Waals surface area contributed by atoms with Crippen LogP contribution in [0.15, 0.2) is 23.5 Å². The molecule has 0 aromatic heterocycles. The van der Waals surface area contributed by atoms with Gasteiger partial charge >= 0.3 is 11.9 Å². The Balaban J connectivity index is 5.30. The van der Waals surface area contributed by atoms with Gasteiger partial charge in [-0.25, -0.2) is 14.7 Å². The maximum absolute atomic E-state index is 11.4. The Bertz CT molecular complexity index is 391. The van der Waals surface area contributed by atoms with Gasteiger partial charge in [-0.05, 0) is 33.5 Å². The minimum Gasteiger partial charge on any atom is -0.466 e. The predicted octanol–water partition coefficient (Wildman–Crippen LogP) is 2.21. The first-order valence-corrected chi connectivity index (χ1v) is 9.52. The molecule has 0 saturated carbocycles. The van der Waals surface area contributed by atoms with Gasteiger partial charge in [0.15, 0.2) is 0 Å². The molecule has 0 atom stereocenters. The highest BCUT2D eigenvalue weighted by atomic mass is 28.4. The summed E-state index contributed by atoms with van der Waals surface area (Å²) >= 11 is 0. The largest absolute Gasteiger partial charge is 0.466 e. The minimum atomic E-state index is -1.91. The molecule has 0 aliphatic carbocycles. The molecule has 114 valence electrons. The van der Waals surface area contributed by atoms with E-state index in [9.17, 15) is 9.59 Å². The van der Waals surface area contributed by atoms with Crippen molar-refractivity contribution in [2.24, 2.45) is 0 Å². The Labute approximate surface area is 121 Å². The Hall–Kier alpha value is -1.60. The van der Waals surface area contributed by atoms with Gasteiger partial charge in [0.1, 0.15) is 0 Å². The van der Waals surface area contributed by atoms with Crippen molar-refractivity contribution >= 4 is 20.3 Å². The number of hydrogen-bond acceptors (Lipinski definition) is 6. The summed E-state index contributed by atoms with van der Waals surface area (Å²) in [6, 6.07) is 0. The fourth-order valence-corrected chi connectivity index (χ4v) is 1.95. The van der Waals surface area contributed by atoms with Gasteiger partial charge in [-0.3, -0.25) is 0 Å². The lowest BCUT2D eigenvalue weighted by Gasteiger charge is -2.26. The maximum atomic E-state index is 11.4. The van der Waals surface area contributed by atoms with Crippen molar-refractivity contribution < 1.29 is 23.6 Å². The summed E-state index contributed by atoms with van der Waals surface area (Å²) in [5, 5.41) is 1.37. The van der Waals surface area contributed by atoms with Crippen LogP contribution in [-0.2, 0) is 23.6 Å². The lowest BCUT2D eigenvalue weighted by atomic mass is 10.3. The van der Waals surface area contributed by atoms with Gasteiger partial charge in [0.05, 0.1) is 25.4 Å². The second-order valence-electron chi connectivity index (χ2n) is 5.17. The van der Waals surface area contributed by atoms with Crippen molar-refractivity contribution in [3.05, 3.63) is 23.5 Å². The molecule has 0 N–H and O–H groups in total. The van der Waals surface area contributed by atoms with Gasteiger partial charge in [-0.2, -0.15) is 0 Å². The summed E-state index contributed by atoms with van der Waals surface area (Å²) in [6.45, 7) is 9.18. The Morgan fingerprint density at radius 3 is 1.50 bits per heavy atom. The molecule has 0 aliphatic rings.